The summed E-state index contributed by atoms with van der Waals surface area (Å²) in [6, 6.07) is 0. The maximum atomic E-state index is 10.5. The molecular weight excluding hydrogens is 156 g/mol. The van der Waals surface area contributed by atoms with Crippen molar-refractivity contribution in [1.29, 1.82) is 0 Å². The highest BCUT2D eigenvalue weighted by molar-refractivity contribution is 7.82. The fourth-order valence-corrected chi connectivity index (χ4v) is 1.60. The fourth-order valence-electron chi connectivity index (χ4n) is 0.661. The van der Waals surface area contributed by atoms with Crippen LogP contribution in [0.4, 0.5) is 0 Å². The summed E-state index contributed by atoms with van der Waals surface area (Å²) in [5, 5.41) is 0. The molecule has 0 aliphatic carbocycles. The van der Waals surface area contributed by atoms with E-state index in [1.165, 1.54) is 0 Å². The van der Waals surface area contributed by atoms with Crippen LogP contribution < -0.4 is 0 Å². The van der Waals surface area contributed by atoms with Crippen LogP contribution in [0.15, 0.2) is 0 Å². The van der Waals surface area contributed by atoms with Gasteiger partial charge in [-0.3, -0.25) is 0 Å². The van der Waals surface area contributed by atoms with E-state index in [0.717, 1.165) is 0 Å². The molecule has 0 saturated carbocycles. The Bertz CT molecular complexity index is 206. The van der Waals surface area contributed by atoms with E-state index < -0.39 is 10.4 Å². The third kappa shape index (κ3) is 1.68. The quantitative estimate of drug-likeness (QED) is 0.562. The molecule has 0 unspecified atom stereocenters. The van der Waals surface area contributed by atoms with E-state index in [-0.39, 0.29) is 18.6 Å². The van der Waals surface area contributed by atoms with Crippen LogP contribution in [0, 0.1) is 5.92 Å². The molecule has 1 rings (SSSR count). The van der Waals surface area contributed by atoms with Crippen LogP contribution in [0.1, 0.15) is 13.8 Å². The normalized spacial score (nSPS) is 31.3. The molecule has 1 heterocycles. The largest absolute Gasteiger partial charge is 0.400 e. The summed E-state index contributed by atoms with van der Waals surface area (Å²) in [5.41, 5.74) is 0. The van der Waals surface area contributed by atoms with Gasteiger partial charge >= 0.3 is 10.4 Å². The zero-order valence-corrected chi connectivity index (χ0v) is 6.72. The summed E-state index contributed by atoms with van der Waals surface area (Å²) in [7, 11) is -3.64. The SMILES string of the molecule is CC(C)[C@@H]1COS(=O)(=O)O1. The Balaban J connectivity index is 2.60. The van der Waals surface area contributed by atoms with E-state index in [4.69, 9.17) is 0 Å². The van der Waals surface area contributed by atoms with Gasteiger partial charge in [0.25, 0.3) is 0 Å². The molecule has 60 valence electrons. The predicted octanol–water partition coefficient (Wildman–Crippen LogP) is 0.303. The van der Waals surface area contributed by atoms with Crippen LogP contribution in [0.25, 0.3) is 0 Å². The molecule has 1 aliphatic heterocycles. The van der Waals surface area contributed by atoms with Crippen molar-refractivity contribution in [2.75, 3.05) is 6.61 Å². The van der Waals surface area contributed by atoms with Gasteiger partial charge in [0.05, 0.1) is 6.61 Å². The molecule has 0 radical (unpaired) electrons. The molecule has 0 amide bonds. The molecule has 10 heavy (non-hydrogen) atoms. The lowest BCUT2D eigenvalue weighted by molar-refractivity contribution is 0.180. The summed E-state index contributed by atoms with van der Waals surface area (Å²) in [6.07, 6.45) is -0.301. The lowest BCUT2D eigenvalue weighted by Crippen LogP contribution is -2.17. The Labute approximate surface area is 60.5 Å². The zero-order chi connectivity index (χ0) is 7.78. The van der Waals surface area contributed by atoms with Crippen LogP contribution >= 0.6 is 0 Å². The Kier molecular flexibility index (Phi) is 1.98. The fraction of sp³-hybridized carbons (Fsp3) is 1.00. The molecule has 0 aromatic rings. The third-order valence-corrected chi connectivity index (χ3v) is 2.27. The smallest absolute Gasteiger partial charge is 0.245 e. The topological polar surface area (TPSA) is 52.6 Å². The average Bonchev–Trinajstić information content (AvgIpc) is 2.10. The van der Waals surface area contributed by atoms with Crippen LogP contribution in [-0.2, 0) is 18.8 Å². The Hall–Kier alpha value is -0.130. The lowest BCUT2D eigenvalue weighted by Gasteiger charge is -2.07. The van der Waals surface area contributed by atoms with Crippen molar-refractivity contribution in [1.82, 2.24) is 0 Å². The summed E-state index contributed by atoms with van der Waals surface area (Å²) < 4.78 is 29.9. The van der Waals surface area contributed by atoms with Crippen LogP contribution in [-0.4, -0.2) is 21.1 Å². The van der Waals surface area contributed by atoms with E-state index in [1.54, 1.807) is 0 Å². The van der Waals surface area contributed by atoms with E-state index in [1.807, 2.05) is 13.8 Å². The molecule has 1 saturated heterocycles. The second-order valence-electron chi connectivity index (χ2n) is 2.57. The van der Waals surface area contributed by atoms with E-state index in [2.05, 4.69) is 8.37 Å². The first kappa shape index (κ1) is 7.97. The highest BCUT2D eigenvalue weighted by Crippen LogP contribution is 2.18. The molecular formula is C5H10O4S. The summed E-state index contributed by atoms with van der Waals surface area (Å²) >= 11 is 0. The zero-order valence-electron chi connectivity index (χ0n) is 5.90. The van der Waals surface area contributed by atoms with Crippen LogP contribution in [0.5, 0.6) is 0 Å². The van der Waals surface area contributed by atoms with Crippen molar-refractivity contribution in [3.05, 3.63) is 0 Å². The van der Waals surface area contributed by atoms with Gasteiger partial charge in [0.2, 0.25) is 0 Å². The van der Waals surface area contributed by atoms with E-state index in [0.29, 0.717) is 0 Å². The Morgan fingerprint density at radius 2 is 2.10 bits per heavy atom. The van der Waals surface area contributed by atoms with Crippen molar-refractivity contribution in [2.24, 2.45) is 5.92 Å². The first-order chi connectivity index (χ1) is 4.51. The summed E-state index contributed by atoms with van der Waals surface area (Å²) in [6.45, 7) is 3.92. The monoisotopic (exact) mass is 166 g/mol. The highest BCUT2D eigenvalue weighted by atomic mass is 32.3. The minimum atomic E-state index is -3.64. The van der Waals surface area contributed by atoms with Crippen molar-refractivity contribution in [3.8, 4) is 0 Å². The van der Waals surface area contributed by atoms with Crippen molar-refractivity contribution in [2.45, 2.75) is 20.0 Å². The number of rotatable bonds is 1. The minimum absolute atomic E-state index is 0.153. The van der Waals surface area contributed by atoms with Crippen LogP contribution in [0.3, 0.4) is 0 Å². The first-order valence-electron chi connectivity index (χ1n) is 3.09. The molecule has 1 aliphatic rings. The van der Waals surface area contributed by atoms with Crippen molar-refractivity contribution in [3.63, 3.8) is 0 Å². The highest BCUT2D eigenvalue weighted by Gasteiger charge is 2.31. The first-order valence-corrected chi connectivity index (χ1v) is 4.42. The predicted molar refractivity (Wildman–Crippen MR) is 34.6 cm³/mol. The minimum Gasteiger partial charge on any atom is -0.245 e. The van der Waals surface area contributed by atoms with Gasteiger partial charge in [-0.15, -0.1) is 0 Å². The van der Waals surface area contributed by atoms with Gasteiger partial charge in [-0.05, 0) is 5.92 Å². The van der Waals surface area contributed by atoms with Crippen molar-refractivity contribution < 1.29 is 16.8 Å². The lowest BCUT2D eigenvalue weighted by atomic mass is 10.1. The maximum absolute atomic E-state index is 10.5. The standard InChI is InChI=1S/C5H10O4S/c1-4(2)5-3-8-10(6,7)9-5/h4-5H,3H2,1-2H3/t5-/m0/s1. The molecule has 4 nitrogen and oxygen atoms in total. The van der Waals surface area contributed by atoms with Gasteiger partial charge in [0.15, 0.2) is 0 Å². The molecule has 5 heteroatoms. The molecule has 0 N–H and O–H groups in total. The molecule has 0 aromatic heterocycles. The summed E-state index contributed by atoms with van der Waals surface area (Å²) in [5.74, 6) is 0.178. The Morgan fingerprint density at radius 1 is 1.50 bits per heavy atom. The van der Waals surface area contributed by atoms with Gasteiger partial charge < -0.3 is 0 Å². The molecule has 0 spiro atoms. The van der Waals surface area contributed by atoms with E-state index >= 15 is 0 Å². The summed E-state index contributed by atoms with van der Waals surface area (Å²) in [4.78, 5) is 0. The number of hydrogen-bond donors (Lipinski definition) is 0. The van der Waals surface area contributed by atoms with Gasteiger partial charge in [-0.1, -0.05) is 13.8 Å². The third-order valence-electron chi connectivity index (χ3n) is 1.36. The van der Waals surface area contributed by atoms with Gasteiger partial charge in [-0.25, -0.2) is 8.37 Å². The average molecular weight is 166 g/mol. The van der Waals surface area contributed by atoms with Gasteiger partial charge in [0, 0.05) is 0 Å². The second-order valence-corrected chi connectivity index (χ2v) is 3.82. The number of hydrogen-bond acceptors (Lipinski definition) is 4. The van der Waals surface area contributed by atoms with Gasteiger partial charge in [-0.2, -0.15) is 8.42 Å². The van der Waals surface area contributed by atoms with Crippen molar-refractivity contribution >= 4 is 10.4 Å². The molecule has 0 bridgehead atoms. The molecule has 0 aromatic carbocycles. The molecule has 1 atom stereocenters. The van der Waals surface area contributed by atoms with Gasteiger partial charge in [0.1, 0.15) is 6.10 Å². The Morgan fingerprint density at radius 3 is 2.30 bits per heavy atom. The molecule has 1 fully saturated rings. The van der Waals surface area contributed by atoms with E-state index in [9.17, 15) is 8.42 Å². The maximum Gasteiger partial charge on any atom is 0.400 e. The second kappa shape index (κ2) is 2.48. The van der Waals surface area contributed by atoms with Crippen LogP contribution in [0.2, 0.25) is 0 Å².